The maximum absolute atomic E-state index is 11.7. The van der Waals surface area contributed by atoms with Gasteiger partial charge in [-0.3, -0.25) is 4.79 Å². The molecule has 2 nitrogen and oxygen atoms in total. The third-order valence-electron chi connectivity index (χ3n) is 2.55. The van der Waals surface area contributed by atoms with Gasteiger partial charge in [-0.2, -0.15) is 0 Å². The molecule has 80 valence electrons. The molecule has 1 aliphatic heterocycles. The van der Waals surface area contributed by atoms with E-state index >= 15 is 0 Å². The fourth-order valence-electron chi connectivity index (χ4n) is 1.77. The zero-order valence-electron chi connectivity index (χ0n) is 9.14. The number of hydrogen-bond acceptors (Lipinski definition) is 2. The average Bonchev–Trinajstić information content (AvgIpc) is 2.97. The van der Waals surface area contributed by atoms with Crippen molar-refractivity contribution in [2.45, 2.75) is 32.5 Å². The molecule has 2 atom stereocenters. The minimum atomic E-state index is -0.185. The number of benzene rings is 1. The second kappa shape index (κ2) is 4.15. The Labute approximate surface area is 90.3 Å². The van der Waals surface area contributed by atoms with Gasteiger partial charge in [0.15, 0.2) is 5.78 Å². The van der Waals surface area contributed by atoms with Crippen LogP contribution in [0, 0.1) is 5.92 Å². The number of rotatable bonds is 4. The first-order chi connectivity index (χ1) is 7.18. The lowest BCUT2D eigenvalue weighted by molar-refractivity contribution is -0.120. The first-order valence-corrected chi connectivity index (χ1v) is 5.41. The molecular formula is C13H16O2. The number of Topliss-reactive ketones (excluding diaryl/α,β-unsaturated/α-hetero) is 1. The van der Waals surface area contributed by atoms with Gasteiger partial charge in [0.05, 0.1) is 0 Å². The lowest BCUT2D eigenvalue weighted by Crippen LogP contribution is -2.10. The van der Waals surface area contributed by atoms with Crippen LogP contribution in [0.3, 0.4) is 0 Å². The molecule has 0 radical (unpaired) electrons. The van der Waals surface area contributed by atoms with Crippen molar-refractivity contribution in [3.05, 3.63) is 35.9 Å². The SMILES string of the molecule is CC(C)CC(=O)[C@@H]1O[C@H]1c1ccccc1. The van der Waals surface area contributed by atoms with Crippen molar-refractivity contribution in [1.29, 1.82) is 0 Å². The van der Waals surface area contributed by atoms with Crippen LogP contribution in [0.5, 0.6) is 0 Å². The molecule has 0 N–H and O–H groups in total. The van der Waals surface area contributed by atoms with E-state index in [0.29, 0.717) is 12.3 Å². The maximum Gasteiger partial charge on any atom is 0.164 e. The fourth-order valence-corrected chi connectivity index (χ4v) is 1.77. The number of hydrogen-bond donors (Lipinski definition) is 0. The molecule has 0 spiro atoms. The molecule has 15 heavy (non-hydrogen) atoms. The summed E-state index contributed by atoms with van der Waals surface area (Å²) >= 11 is 0. The molecule has 0 unspecified atom stereocenters. The normalized spacial score (nSPS) is 24.2. The smallest absolute Gasteiger partial charge is 0.164 e. The summed E-state index contributed by atoms with van der Waals surface area (Å²) in [6, 6.07) is 9.93. The quantitative estimate of drug-likeness (QED) is 0.706. The van der Waals surface area contributed by atoms with Gasteiger partial charge >= 0.3 is 0 Å². The standard InChI is InChI=1S/C13H16O2/c1-9(2)8-11(14)13-12(15-13)10-6-4-3-5-7-10/h3-7,9,12-13H,8H2,1-2H3/t12-,13-/m0/s1. The molecule has 1 aliphatic rings. The van der Waals surface area contributed by atoms with Gasteiger partial charge in [-0.05, 0) is 11.5 Å². The van der Waals surface area contributed by atoms with Crippen molar-refractivity contribution < 1.29 is 9.53 Å². The number of epoxide rings is 1. The highest BCUT2D eigenvalue weighted by Crippen LogP contribution is 2.39. The summed E-state index contributed by atoms with van der Waals surface area (Å²) in [5, 5.41) is 0. The lowest BCUT2D eigenvalue weighted by atomic mass is 10.0. The van der Waals surface area contributed by atoms with Gasteiger partial charge in [0.2, 0.25) is 0 Å². The van der Waals surface area contributed by atoms with Gasteiger partial charge in [-0.15, -0.1) is 0 Å². The molecule has 0 saturated carbocycles. The van der Waals surface area contributed by atoms with Crippen molar-refractivity contribution in [3.8, 4) is 0 Å². The van der Waals surface area contributed by atoms with Crippen LogP contribution in [0.15, 0.2) is 30.3 Å². The molecular weight excluding hydrogens is 188 g/mol. The zero-order valence-corrected chi connectivity index (χ0v) is 9.14. The highest BCUT2D eigenvalue weighted by atomic mass is 16.6. The van der Waals surface area contributed by atoms with Gasteiger partial charge in [0, 0.05) is 6.42 Å². The van der Waals surface area contributed by atoms with E-state index < -0.39 is 0 Å². The first-order valence-electron chi connectivity index (χ1n) is 5.41. The van der Waals surface area contributed by atoms with Gasteiger partial charge in [0.25, 0.3) is 0 Å². The summed E-state index contributed by atoms with van der Waals surface area (Å²) < 4.78 is 5.42. The Kier molecular flexibility index (Phi) is 2.87. The average molecular weight is 204 g/mol. The molecule has 1 heterocycles. The second-order valence-corrected chi connectivity index (χ2v) is 4.45. The Bertz CT molecular complexity index is 343. The van der Waals surface area contributed by atoms with Crippen LogP contribution >= 0.6 is 0 Å². The number of ether oxygens (including phenoxy) is 1. The van der Waals surface area contributed by atoms with Gasteiger partial charge < -0.3 is 4.74 Å². The minimum absolute atomic E-state index is 0.0115. The molecule has 1 aromatic rings. The molecule has 1 saturated heterocycles. The summed E-state index contributed by atoms with van der Waals surface area (Å²) in [7, 11) is 0. The van der Waals surface area contributed by atoms with E-state index in [4.69, 9.17) is 4.74 Å². The van der Waals surface area contributed by atoms with Gasteiger partial charge in [-0.1, -0.05) is 44.2 Å². The Balaban J connectivity index is 1.94. The molecule has 0 amide bonds. The van der Waals surface area contributed by atoms with E-state index in [0.717, 1.165) is 5.56 Å². The number of ketones is 1. The van der Waals surface area contributed by atoms with Gasteiger partial charge in [0.1, 0.15) is 12.2 Å². The summed E-state index contributed by atoms with van der Waals surface area (Å²) in [6.07, 6.45) is 0.445. The van der Waals surface area contributed by atoms with E-state index in [1.165, 1.54) is 0 Å². The summed E-state index contributed by atoms with van der Waals surface area (Å²) in [4.78, 5) is 11.7. The minimum Gasteiger partial charge on any atom is -0.356 e. The molecule has 2 rings (SSSR count). The number of carbonyl (C=O) groups excluding carboxylic acids is 1. The molecule has 0 aliphatic carbocycles. The van der Waals surface area contributed by atoms with E-state index in [9.17, 15) is 4.79 Å². The van der Waals surface area contributed by atoms with E-state index in [1.54, 1.807) is 0 Å². The summed E-state index contributed by atoms with van der Waals surface area (Å²) in [5.74, 6) is 0.650. The third kappa shape index (κ3) is 2.45. The molecule has 1 fully saturated rings. The Hall–Kier alpha value is -1.15. The highest BCUT2D eigenvalue weighted by Gasteiger charge is 2.45. The Morgan fingerprint density at radius 3 is 2.60 bits per heavy atom. The summed E-state index contributed by atoms with van der Waals surface area (Å²) in [6.45, 7) is 4.11. The van der Waals surface area contributed by atoms with Crippen molar-refractivity contribution in [1.82, 2.24) is 0 Å². The predicted octanol–water partition coefficient (Wildman–Crippen LogP) is 2.74. The predicted molar refractivity (Wildman–Crippen MR) is 58.5 cm³/mol. The van der Waals surface area contributed by atoms with Crippen molar-refractivity contribution in [2.24, 2.45) is 5.92 Å². The van der Waals surface area contributed by atoms with Gasteiger partial charge in [-0.25, -0.2) is 0 Å². The van der Waals surface area contributed by atoms with Crippen molar-refractivity contribution in [2.75, 3.05) is 0 Å². The topological polar surface area (TPSA) is 29.6 Å². The van der Waals surface area contributed by atoms with Crippen LogP contribution in [0.25, 0.3) is 0 Å². The molecule has 1 aromatic carbocycles. The van der Waals surface area contributed by atoms with Crippen LogP contribution in [0.4, 0.5) is 0 Å². The lowest BCUT2D eigenvalue weighted by Gasteiger charge is -2.00. The van der Waals surface area contributed by atoms with Crippen LogP contribution in [-0.2, 0) is 9.53 Å². The summed E-state index contributed by atoms with van der Waals surface area (Å²) in [5.41, 5.74) is 1.11. The molecule has 0 bridgehead atoms. The highest BCUT2D eigenvalue weighted by molar-refractivity contribution is 5.86. The number of carbonyl (C=O) groups is 1. The van der Waals surface area contributed by atoms with Crippen molar-refractivity contribution >= 4 is 5.78 Å². The van der Waals surface area contributed by atoms with Crippen LogP contribution in [0.1, 0.15) is 31.9 Å². The first kappa shape index (κ1) is 10.4. The monoisotopic (exact) mass is 204 g/mol. The largest absolute Gasteiger partial charge is 0.356 e. The maximum atomic E-state index is 11.7. The van der Waals surface area contributed by atoms with E-state index in [2.05, 4.69) is 13.8 Å². The molecule has 0 aromatic heterocycles. The second-order valence-electron chi connectivity index (χ2n) is 4.45. The van der Waals surface area contributed by atoms with E-state index in [-0.39, 0.29) is 18.0 Å². The van der Waals surface area contributed by atoms with Crippen molar-refractivity contribution in [3.63, 3.8) is 0 Å². The van der Waals surface area contributed by atoms with Crippen LogP contribution in [-0.4, -0.2) is 11.9 Å². The fraction of sp³-hybridized carbons (Fsp3) is 0.462. The van der Waals surface area contributed by atoms with Crippen LogP contribution in [0.2, 0.25) is 0 Å². The zero-order chi connectivity index (χ0) is 10.8. The third-order valence-corrected chi connectivity index (χ3v) is 2.55. The van der Waals surface area contributed by atoms with E-state index in [1.807, 2.05) is 30.3 Å². The van der Waals surface area contributed by atoms with Crippen LogP contribution < -0.4 is 0 Å². The molecule has 2 heteroatoms. The Morgan fingerprint density at radius 1 is 1.33 bits per heavy atom. The Morgan fingerprint density at radius 2 is 2.00 bits per heavy atom.